The van der Waals surface area contributed by atoms with E-state index in [0.29, 0.717) is 41.2 Å². The van der Waals surface area contributed by atoms with Gasteiger partial charge in [-0.05, 0) is 86.4 Å². The van der Waals surface area contributed by atoms with Gasteiger partial charge in [0, 0.05) is 137 Å². The molecule has 0 bridgehead atoms. The van der Waals surface area contributed by atoms with E-state index in [1.165, 1.54) is 5.69 Å². The molecule has 344 valence electrons. The zero-order chi connectivity index (χ0) is 45.9. The minimum atomic E-state index is -0.218. The number of pyridine rings is 2. The van der Waals surface area contributed by atoms with Gasteiger partial charge in [-0.25, -0.2) is 0 Å². The normalized spacial score (nSPS) is 19.2. The van der Waals surface area contributed by atoms with E-state index in [4.69, 9.17) is 41.4 Å². The van der Waals surface area contributed by atoms with Gasteiger partial charge in [-0.1, -0.05) is 29.8 Å². The van der Waals surface area contributed by atoms with Crippen molar-refractivity contribution >= 4 is 40.0 Å². The van der Waals surface area contributed by atoms with Crippen molar-refractivity contribution in [3.63, 3.8) is 0 Å². The van der Waals surface area contributed by atoms with Gasteiger partial charge in [0.05, 0.1) is 34.1 Å². The molecule has 3 fully saturated rings. The fourth-order valence-corrected chi connectivity index (χ4v) is 10.2. The van der Waals surface area contributed by atoms with E-state index in [1.807, 2.05) is 23.4 Å². The monoisotopic (exact) mass is 919 g/mol. The van der Waals surface area contributed by atoms with Crippen LogP contribution in [-0.2, 0) is 28.9 Å². The van der Waals surface area contributed by atoms with Crippen molar-refractivity contribution in [1.82, 2.24) is 45.1 Å². The number of piperazine rings is 1. The number of rotatable bonds is 11. The zero-order valence-electron chi connectivity index (χ0n) is 37.7. The van der Waals surface area contributed by atoms with Gasteiger partial charge in [0.15, 0.2) is 11.5 Å². The molecule has 67 heavy (non-hydrogen) atoms. The molecule has 0 radical (unpaired) electrons. The summed E-state index contributed by atoms with van der Waals surface area (Å²) in [4.78, 5) is 41.9. The van der Waals surface area contributed by atoms with Crippen LogP contribution < -0.4 is 15.0 Å². The zero-order valence-corrected chi connectivity index (χ0v) is 38.5. The summed E-state index contributed by atoms with van der Waals surface area (Å²) in [6.07, 6.45) is 10.6. The average molecular weight is 921 g/mol. The first-order chi connectivity index (χ1) is 32.8. The fourth-order valence-electron chi connectivity index (χ4n) is 9.95. The molecule has 3 aliphatic heterocycles. The number of hydrogen-bond donors (Lipinski definition) is 1. The van der Waals surface area contributed by atoms with E-state index < -0.39 is 0 Å². The smallest absolute Gasteiger partial charge is 0.272 e. The van der Waals surface area contributed by atoms with Gasteiger partial charge >= 0.3 is 0 Å². The molecule has 10 rings (SSSR count). The number of ether oxygens (including phenoxy) is 2. The molecule has 2 aromatic carbocycles. The maximum Gasteiger partial charge on any atom is 0.272 e. The number of benzene rings is 2. The highest BCUT2D eigenvalue weighted by Crippen LogP contribution is 2.38. The van der Waals surface area contributed by atoms with E-state index in [9.17, 15) is 9.59 Å². The number of fused-ring (bicyclic) bond motifs is 2. The first-order valence-corrected chi connectivity index (χ1v) is 23.9. The largest absolute Gasteiger partial charge is 0.490 e. The van der Waals surface area contributed by atoms with Crippen molar-refractivity contribution in [2.45, 2.75) is 83.0 Å². The van der Waals surface area contributed by atoms with E-state index in [2.05, 4.69) is 72.5 Å². The van der Waals surface area contributed by atoms with Crippen LogP contribution in [0.3, 0.4) is 0 Å². The summed E-state index contributed by atoms with van der Waals surface area (Å²) >= 11 is 6.17. The third kappa shape index (κ3) is 9.84. The molecule has 4 aromatic heterocycles. The fraction of sp³-hybridized carbons (Fsp3) is 0.412. The first kappa shape index (κ1) is 44.4. The molecule has 0 spiro atoms. The van der Waals surface area contributed by atoms with Gasteiger partial charge in [-0.2, -0.15) is 10.4 Å². The second-order valence-corrected chi connectivity index (χ2v) is 18.5. The van der Waals surface area contributed by atoms with Gasteiger partial charge in [-0.15, -0.1) is 10.2 Å². The van der Waals surface area contributed by atoms with Gasteiger partial charge in [-0.3, -0.25) is 29.1 Å². The molecule has 2 saturated heterocycles. The Morgan fingerprint density at radius 3 is 2.48 bits per heavy atom. The summed E-state index contributed by atoms with van der Waals surface area (Å²) in [5.41, 5.74) is 7.96. The molecular weight excluding hydrogens is 866 g/mol. The number of hydrogen-bond acceptors (Lipinski definition) is 12. The number of nitriles is 1. The van der Waals surface area contributed by atoms with Crippen LogP contribution in [0.2, 0.25) is 5.02 Å². The van der Waals surface area contributed by atoms with Crippen molar-refractivity contribution < 1.29 is 19.1 Å². The Balaban J connectivity index is 0.703. The Morgan fingerprint density at radius 1 is 0.910 bits per heavy atom. The lowest BCUT2D eigenvalue weighted by Gasteiger charge is -2.35. The summed E-state index contributed by atoms with van der Waals surface area (Å²) in [7, 11) is 0. The highest BCUT2D eigenvalue weighted by molar-refractivity contribution is 6.31. The molecule has 0 unspecified atom stereocenters. The number of aromatic nitrogens is 6. The van der Waals surface area contributed by atoms with Crippen LogP contribution in [0.4, 0.5) is 5.82 Å². The molecule has 0 atom stereocenters. The summed E-state index contributed by atoms with van der Waals surface area (Å²) in [6, 6.07) is 23.8. The Hall–Kier alpha value is -6.47. The van der Waals surface area contributed by atoms with E-state index in [0.717, 1.165) is 148 Å². The average Bonchev–Trinajstić information content (AvgIpc) is 3.75. The number of halogens is 1. The standard InChI is InChI=1S/C51H54ClN11O4/c1-33(64)62-20-16-48-44(32-62)50(59-63(48)39-17-25-66-26-18-39)42-4-2-3-34-27-47(55-31-43(34)42)36-5-7-37(54-30-36)15-19-60-21-23-61(24-22-60)49-14-13-46(57-58-49)51(65)56-38-8-11-40(12-9-38)67-41-10-6-35(29-53)45(52)28-41/h2-7,10,13-14,27-28,30-31,38-40H,8-9,11-12,15-26,32H2,1H3,(H,56,65). The number of anilines is 1. The lowest BCUT2D eigenvalue weighted by molar-refractivity contribution is -0.129. The topological polar surface area (TPSA) is 168 Å². The summed E-state index contributed by atoms with van der Waals surface area (Å²) < 4.78 is 14.0. The quantitative estimate of drug-likeness (QED) is 0.139. The van der Waals surface area contributed by atoms with Crippen LogP contribution in [0.25, 0.3) is 33.3 Å². The summed E-state index contributed by atoms with van der Waals surface area (Å²) in [5, 5.41) is 28.7. The Morgan fingerprint density at radius 2 is 1.75 bits per heavy atom. The first-order valence-electron chi connectivity index (χ1n) is 23.5. The third-order valence-electron chi connectivity index (χ3n) is 13.8. The van der Waals surface area contributed by atoms with Gasteiger partial charge in [0.25, 0.3) is 5.91 Å². The van der Waals surface area contributed by atoms with Gasteiger partial charge < -0.3 is 24.6 Å². The Labute approximate surface area is 395 Å². The number of nitrogens with one attached hydrogen (secondary N) is 1. The van der Waals surface area contributed by atoms with Crippen LogP contribution in [-0.4, -0.2) is 116 Å². The second kappa shape index (κ2) is 19.8. The molecular formula is C51H54ClN11O4. The minimum absolute atomic E-state index is 0.0259. The summed E-state index contributed by atoms with van der Waals surface area (Å²) in [5.74, 6) is 1.29. The molecule has 15 nitrogen and oxygen atoms in total. The Kier molecular flexibility index (Phi) is 13.1. The lowest BCUT2D eigenvalue weighted by atomic mass is 9.93. The number of carbonyl (C=O) groups excluding carboxylic acids is 2. The molecule has 4 aliphatic rings. The molecule has 1 aliphatic carbocycles. The molecule has 1 N–H and O–H groups in total. The number of carbonyl (C=O) groups is 2. The van der Waals surface area contributed by atoms with Crippen molar-refractivity contribution in [2.75, 3.05) is 57.4 Å². The summed E-state index contributed by atoms with van der Waals surface area (Å²) in [6.45, 7) is 8.72. The van der Waals surface area contributed by atoms with Gasteiger partial charge in [0.1, 0.15) is 11.8 Å². The predicted molar refractivity (Wildman–Crippen MR) is 255 cm³/mol. The Bertz CT molecular complexity index is 2790. The van der Waals surface area contributed by atoms with Crippen LogP contribution >= 0.6 is 11.6 Å². The van der Waals surface area contributed by atoms with Crippen molar-refractivity contribution in [2.24, 2.45) is 0 Å². The second-order valence-electron chi connectivity index (χ2n) is 18.1. The molecule has 1 saturated carbocycles. The van der Waals surface area contributed by atoms with E-state index in [-0.39, 0.29) is 24.0 Å². The maximum absolute atomic E-state index is 13.1. The van der Waals surface area contributed by atoms with Crippen molar-refractivity contribution in [1.29, 1.82) is 5.26 Å². The van der Waals surface area contributed by atoms with Crippen LogP contribution in [0.1, 0.15) is 84.5 Å². The highest BCUT2D eigenvalue weighted by Gasteiger charge is 2.31. The number of amides is 2. The molecule has 16 heteroatoms. The number of nitrogens with zero attached hydrogens (tertiary/aromatic N) is 10. The maximum atomic E-state index is 13.1. The van der Waals surface area contributed by atoms with Crippen LogP contribution in [0.5, 0.6) is 5.75 Å². The van der Waals surface area contributed by atoms with Crippen LogP contribution in [0.15, 0.2) is 79.1 Å². The van der Waals surface area contributed by atoms with Crippen molar-refractivity contribution in [3.8, 4) is 34.3 Å². The van der Waals surface area contributed by atoms with E-state index >= 15 is 0 Å². The van der Waals surface area contributed by atoms with Crippen molar-refractivity contribution in [3.05, 3.63) is 112 Å². The molecule has 6 aromatic rings. The minimum Gasteiger partial charge on any atom is -0.490 e. The lowest BCUT2D eigenvalue weighted by Crippen LogP contribution is -2.47. The van der Waals surface area contributed by atoms with E-state index in [1.54, 1.807) is 31.2 Å². The highest BCUT2D eigenvalue weighted by atomic mass is 35.5. The third-order valence-corrected chi connectivity index (χ3v) is 14.2. The molecule has 7 heterocycles. The van der Waals surface area contributed by atoms with Gasteiger partial charge in [0.2, 0.25) is 5.91 Å². The molecule has 2 amide bonds. The SMILES string of the molecule is CC(=O)N1CCc2c(c(-c3cccc4cc(-c5ccc(CCN6CCN(c7ccc(C(=O)NC8CCC(Oc9ccc(C#N)c(Cl)c9)CC8)nn7)CC6)nc5)ncc34)nn2C2CCOCC2)C1. The van der Waals surface area contributed by atoms with Crippen LogP contribution in [0, 0.1) is 11.3 Å². The predicted octanol–water partition coefficient (Wildman–Crippen LogP) is 7.22.